The molecule has 1 aromatic rings. The van der Waals surface area contributed by atoms with Crippen LogP contribution in [0.1, 0.15) is 38.2 Å². The van der Waals surface area contributed by atoms with Gasteiger partial charge in [0.1, 0.15) is 5.82 Å². The molecule has 1 saturated carbocycles. The molecule has 0 spiro atoms. The first-order valence-electron chi connectivity index (χ1n) is 6.78. The highest BCUT2D eigenvalue weighted by atomic mass is 32.2. The molecule has 0 heterocycles. The summed E-state index contributed by atoms with van der Waals surface area (Å²) >= 11 is 1.98. The van der Waals surface area contributed by atoms with E-state index < -0.39 is 0 Å². The number of hydrogen-bond acceptors (Lipinski definition) is 2. The molecule has 1 unspecified atom stereocenters. The predicted octanol–water partition coefficient (Wildman–Crippen LogP) is 3.80. The van der Waals surface area contributed by atoms with Crippen LogP contribution in [0.5, 0.6) is 0 Å². The molecule has 100 valence electrons. The van der Waals surface area contributed by atoms with Crippen molar-refractivity contribution in [3.05, 3.63) is 35.6 Å². The fraction of sp³-hybridized carbons (Fsp3) is 0.600. The molecule has 18 heavy (non-hydrogen) atoms. The van der Waals surface area contributed by atoms with E-state index in [1.807, 2.05) is 23.9 Å². The Balaban J connectivity index is 1.73. The lowest BCUT2D eigenvalue weighted by atomic mass is 9.75. The van der Waals surface area contributed by atoms with E-state index >= 15 is 0 Å². The second-order valence-electron chi connectivity index (χ2n) is 5.15. The lowest BCUT2D eigenvalue weighted by molar-refractivity contribution is 0.275. The van der Waals surface area contributed by atoms with Gasteiger partial charge in [-0.15, -0.1) is 0 Å². The molecular formula is C15H22FNS. The Bertz CT molecular complexity index is 377. The summed E-state index contributed by atoms with van der Waals surface area (Å²) in [5.74, 6) is 2.79. The monoisotopic (exact) mass is 267 g/mol. The van der Waals surface area contributed by atoms with Crippen LogP contribution in [0.15, 0.2) is 24.3 Å². The van der Waals surface area contributed by atoms with Crippen LogP contribution in [0, 0.1) is 5.82 Å². The summed E-state index contributed by atoms with van der Waals surface area (Å²) in [4.78, 5) is 0. The average Bonchev–Trinajstić information content (AvgIpc) is 2.30. The molecule has 1 fully saturated rings. The van der Waals surface area contributed by atoms with Crippen molar-refractivity contribution in [2.45, 2.75) is 44.7 Å². The van der Waals surface area contributed by atoms with Gasteiger partial charge in [0.05, 0.1) is 0 Å². The summed E-state index contributed by atoms with van der Waals surface area (Å²) in [6.07, 6.45) is 2.29. The van der Waals surface area contributed by atoms with Crippen LogP contribution in [0.3, 0.4) is 0 Å². The molecule has 1 aliphatic carbocycles. The van der Waals surface area contributed by atoms with Gasteiger partial charge < -0.3 is 5.32 Å². The third-order valence-corrected chi connectivity index (χ3v) is 4.69. The van der Waals surface area contributed by atoms with Crippen molar-refractivity contribution < 1.29 is 4.39 Å². The van der Waals surface area contributed by atoms with Crippen LogP contribution in [-0.2, 0) is 0 Å². The average molecular weight is 267 g/mol. The minimum absolute atomic E-state index is 0.114. The van der Waals surface area contributed by atoms with Crippen molar-refractivity contribution in [2.75, 3.05) is 11.5 Å². The zero-order valence-corrected chi connectivity index (χ0v) is 12.0. The maximum absolute atomic E-state index is 13.1. The first-order valence-corrected chi connectivity index (χ1v) is 7.93. The van der Waals surface area contributed by atoms with E-state index in [9.17, 15) is 4.39 Å². The topological polar surface area (TPSA) is 12.0 Å². The Morgan fingerprint density at radius 2 is 2.22 bits per heavy atom. The van der Waals surface area contributed by atoms with Crippen molar-refractivity contribution in [1.82, 2.24) is 5.32 Å². The summed E-state index contributed by atoms with van der Waals surface area (Å²) in [5, 5.41) is 3.65. The maximum atomic E-state index is 13.1. The molecule has 3 heteroatoms. The van der Waals surface area contributed by atoms with E-state index in [0.717, 1.165) is 18.4 Å². The van der Waals surface area contributed by atoms with E-state index in [-0.39, 0.29) is 5.82 Å². The zero-order chi connectivity index (χ0) is 13.0. The lowest BCUT2D eigenvalue weighted by Gasteiger charge is -2.38. The molecule has 0 radical (unpaired) electrons. The molecule has 1 nitrogen and oxygen atoms in total. The van der Waals surface area contributed by atoms with E-state index in [1.54, 1.807) is 6.07 Å². The minimum Gasteiger partial charge on any atom is -0.311 e. The number of nitrogens with one attached hydrogen (secondary N) is 1. The van der Waals surface area contributed by atoms with E-state index in [1.165, 1.54) is 17.6 Å². The molecule has 1 aliphatic rings. The highest BCUT2D eigenvalue weighted by Crippen LogP contribution is 2.37. The van der Waals surface area contributed by atoms with Crippen molar-refractivity contribution in [3.8, 4) is 0 Å². The van der Waals surface area contributed by atoms with Crippen LogP contribution >= 0.6 is 11.8 Å². The number of halogens is 1. The summed E-state index contributed by atoms with van der Waals surface area (Å²) in [7, 11) is 0. The summed E-state index contributed by atoms with van der Waals surface area (Å²) in [6.45, 7) is 4.44. The van der Waals surface area contributed by atoms with E-state index in [0.29, 0.717) is 18.0 Å². The molecule has 1 aromatic carbocycles. The molecule has 1 N–H and O–H groups in total. The van der Waals surface area contributed by atoms with Gasteiger partial charge in [-0.05, 0) is 49.1 Å². The third kappa shape index (κ3) is 3.72. The Morgan fingerprint density at radius 3 is 2.89 bits per heavy atom. The van der Waals surface area contributed by atoms with Gasteiger partial charge in [0, 0.05) is 17.8 Å². The Hall–Kier alpha value is -0.540. The third-order valence-electron chi connectivity index (χ3n) is 3.55. The minimum atomic E-state index is -0.114. The normalized spacial score (nSPS) is 24.6. The van der Waals surface area contributed by atoms with Crippen molar-refractivity contribution >= 4 is 11.8 Å². The Kier molecular flexibility index (Phi) is 5.07. The van der Waals surface area contributed by atoms with E-state index in [2.05, 4.69) is 19.2 Å². The van der Waals surface area contributed by atoms with E-state index in [4.69, 9.17) is 0 Å². The van der Waals surface area contributed by atoms with Gasteiger partial charge in [0.25, 0.3) is 0 Å². The molecule has 0 amide bonds. The number of benzene rings is 1. The summed E-state index contributed by atoms with van der Waals surface area (Å²) in [5.41, 5.74) is 1.16. The maximum Gasteiger partial charge on any atom is 0.123 e. The van der Waals surface area contributed by atoms with Gasteiger partial charge >= 0.3 is 0 Å². The molecule has 0 saturated heterocycles. The van der Waals surface area contributed by atoms with Crippen LogP contribution < -0.4 is 5.32 Å². The van der Waals surface area contributed by atoms with Crippen LogP contribution in [-0.4, -0.2) is 23.6 Å². The van der Waals surface area contributed by atoms with Crippen LogP contribution in [0.25, 0.3) is 0 Å². The van der Waals surface area contributed by atoms with Gasteiger partial charge in [0.2, 0.25) is 0 Å². The second-order valence-corrected chi connectivity index (χ2v) is 6.47. The molecule has 0 aliphatic heterocycles. The standard InChI is InChI=1S/C15H22FNS/c1-3-18-10-11(2)17-15-8-13(9-15)12-5-4-6-14(16)7-12/h4-7,11,13,15,17H,3,8-10H2,1-2H3. The first-order chi connectivity index (χ1) is 8.69. The SMILES string of the molecule is CCSCC(C)NC1CC(c2cccc(F)c2)C1. The van der Waals surface area contributed by atoms with Gasteiger partial charge in [-0.3, -0.25) is 0 Å². The molecule has 0 bridgehead atoms. The van der Waals surface area contributed by atoms with Crippen LogP contribution in [0.4, 0.5) is 4.39 Å². The lowest BCUT2D eigenvalue weighted by Crippen LogP contribution is -2.45. The van der Waals surface area contributed by atoms with Gasteiger partial charge in [-0.25, -0.2) is 4.39 Å². The highest BCUT2D eigenvalue weighted by Gasteiger charge is 2.30. The molecular weight excluding hydrogens is 245 g/mol. The van der Waals surface area contributed by atoms with Gasteiger partial charge in [0.15, 0.2) is 0 Å². The smallest absolute Gasteiger partial charge is 0.123 e. The van der Waals surface area contributed by atoms with Gasteiger partial charge in [-0.2, -0.15) is 11.8 Å². The number of hydrogen-bond donors (Lipinski definition) is 1. The summed E-state index contributed by atoms with van der Waals surface area (Å²) < 4.78 is 13.1. The zero-order valence-electron chi connectivity index (χ0n) is 11.2. The molecule has 0 aromatic heterocycles. The fourth-order valence-corrected chi connectivity index (χ4v) is 3.22. The Morgan fingerprint density at radius 1 is 1.44 bits per heavy atom. The molecule has 2 rings (SSSR count). The van der Waals surface area contributed by atoms with Crippen molar-refractivity contribution in [1.29, 1.82) is 0 Å². The second kappa shape index (κ2) is 6.58. The summed E-state index contributed by atoms with van der Waals surface area (Å²) in [6, 6.07) is 8.24. The predicted molar refractivity (Wildman–Crippen MR) is 77.8 cm³/mol. The fourth-order valence-electron chi connectivity index (χ4n) is 2.53. The largest absolute Gasteiger partial charge is 0.311 e. The Labute approximate surface area is 114 Å². The quantitative estimate of drug-likeness (QED) is 0.841. The van der Waals surface area contributed by atoms with Crippen molar-refractivity contribution in [2.24, 2.45) is 0 Å². The molecule has 1 atom stereocenters. The number of thioether (sulfide) groups is 1. The van der Waals surface area contributed by atoms with Crippen LogP contribution in [0.2, 0.25) is 0 Å². The van der Waals surface area contributed by atoms with Gasteiger partial charge in [-0.1, -0.05) is 19.1 Å². The number of rotatable bonds is 6. The van der Waals surface area contributed by atoms with Crippen molar-refractivity contribution in [3.63, 3.8) is 0 Å². The first kappa shape index (κ1) is 13.9. The highest BCUT2D eigenvalue weighted by molar-refractivity contribution is 7.99.